The van der Waals surface area contributed by atoms with Crippen LogP contribution in [0, 0.1) is 12.8 Å². The van der Waals surface area contributed by atoms with Gasteiger partial charge in [-0.15, -0.1) is 11.3 Å². The van der Waals surface area contributed by atoms with Crippen LogP contribution in [0.4, 0.5) is 0 Å². The molecule has 0 saturated heterocycles. The van der Waals surface area contributed by atoms with Crippen LogP contribution < -0.4 is 5.73 Å². The van der Waals surface area contributed by atoms with Crippen LogP contribution in [0.15, 0.2) is 28.2 Å². The molecule has 1 heterocycles. The zero-order valence-electron chi connectivity index (χ0n) is 13.1. The molecule has 1 amide bonds. The number of thiazole rings is 1. The summed E-state index contributed by atoms with van der Waals surface area (Å²) in [6.07, 6.45) is 2.42. The Labute approximate surface area is 148 Å². The average molecular weight is 394 g/mol. The van der Waals surface area contributed by atoms with Crippen LogP contribution in [0.5, 0.6) is 0 Å². The van der Waals surface area contributed by atoms with Crippen LogP contribution in [-0.4, -0.2) is 35.4 Å². The maximum absolute atomic E-state index is 13.0. The molecule has 4 nitrogen and oxygen atoms in total. The summed E-state index contributed by atoms with van der Waals surface area (Å²) in [7, 11) is 0. The number of rotatable bonds is 6. The Kier molecular flexibility index (Phi) is 5.14. The standard InChI is InChI=1S/C17H20BrN3OS/c1-11-2-6-13(7-3-11)15-14(20-17(18)23-15)16(22)21(9-8-19)10-12-4-5-12/h2-3,6-7,12H,4-5,8-10,19H2,1H3. The Morgan fingerprint density at radius 2 is 2.09 bits per heavy atom. The molecule has 0 unspecified atom stereocenters. The summed E-state index contributed by atoms with van der Waals surface area (Å²) in [4.78, 5) is 20.2. The molecule has 122 valence electrons. The van der Waals surface area contributed by atoms with E-state index < -0.39 is 0 Å². The average Bonchev–Trinajstić information content (AvgIpc) is 3.27. The number of halogens is 1. The van der Waals surface area contributed by atoms with Gasteiger partial charge < -0.3 is 10.6 Å². The summed E-state index contributed by atoms with van der Waals surface area (Å²) >= 11 is 4.92. The van der Waals surface area contributed by atoms with Crippen molar-refractivity contribution in [2.45, 2.75) is 19.8 Å². The van der Waals surface area contributed by atoms with Crippen molar-refractivity contribution in [1.29, 1.82) is 0 Å². The summed E-state index contributed by atoms with van der Waals surface area (Å²) in [6.45, 7) is 3.90. The van der Waals surface area contributed by atoms with Gasteiger partial charge in [0, 0.05) is 19.6 Å². The highest BCUT2D eigenvalue weighted by molar-refractivity contribution is 9.11. The Hall–Kier alpha value is -1.24. The number of aromatic nitrogens is 1. The van der Waals surface area contributed by atoms with E-state index in [1.54, 1.807) is 0 Å². The zero-order chi connectivity index (χ0) is 16.4. The van der Waals surface area contributed by atoms with Gasteiger partial charge in [0.2, 0.25) is 0 Å². The molecule has 0 bridgehead atoms. The van der Waals surface area contributed by atoms with E-state index in [0.29, 0.717) is 24.7 Å². The third-order valence-electron chi connectivity index (χ3n) is 3.98. The molecule has 1 aliphatic carbocycles. The third-order valence-corrected chi connectivity index (χ3v) is 5.53. The lowest BCUT2D eigenvalue weighted by molar-refractivity contribution is 0.0748. The summed E-state index contributed by atoms with van der Waals surface area (Å²) in [5.74, 6) is 0.621. The summed E-state index contributed by atoms with van der Waals surface area (Å²) in [5, 5.41) is 0. The number of nitrogens with zero attached hydrogens (tertiary/aromatic N) is 2. The summed E-state index contributed by atoms with van der Waals surface area (Å²) in [5.41, 5.74) is 8.45. The van der Waals surface area contributed by atoms with Crippen molar-refractivity contribution in [3.63, 3.8) is 0 Å². The molecule has 0 radical (unpaired) electrons. The molecule has 1 aliphatic rings. The van der Waals surface area contributed by atoms with Crippen molar-refractivity contribution in [2.75, 3.05) is 19.6 Å². The second kappa shape index (κ2) is 7.11. The first kappa shape index (κ1) is 16.6. The number of aryl methyl sites for hydroxylation is 1. The molecule has 3 rings (SSSR count). The lowest BCUT2D eigenvalue weighted by Crippen LogP contribution is -2.37. The van der Waals surface area contributed by atoms with Crippen molar-refractivity contribution < 1.29 is 4.79 Å². The SMILES string of the molecule is Cc1ccc(-c2sc(Br)nc2C(=O)N(CCN)CC2CC2)cc1. The van der Waals surface area contributed by atoms with E-state index >= 15 is 0 Å². The van der Waals surface area contributed by atoms with Crippen molar-refractivity contribution in [3.05, 3.63) is 39.4 Å². The van der Waals surface area contributed by atoms with Gasteiger partial charge in [0.1, 0.15) is 5.69 Å². The van der Waals surface area contributed by atoms with Gasteiger partial charge in [0.25, 0.3) is 5.91 Å². The second-order valence-electron chi connectivity index (χ2n) is 5.99. The van der Waals surface area contributed by atoms with E-state index in [9.17, 15) is 4.79 Å². The zero-order valence-corrected chi connectivity index (χ0v) is 15.5. The van der Waals surface area contributed by atoms with Crippen LogP contribution in [0.2, 0.25) is 0 Å². The molecule has 1 saturated carbocycles. The van der Waals surface area contributed by atoms with Gasteiger partial charge in [-0.25, -0.2) is 4.98 Å². The number of nitrogens with two attached hydrogens (primary N) is 1. The predicted molar refractivity (Wildman–Crippen MR) is 97.7 cm³/mol. The smallest absolute Gasteiger partial charge is 0.274 e. The van der Waals surface area contributed by atoms with Crippen LogP contribution in [0.1, 0.15) is 28.9 Å². The number of amides is 1. The van der Waals surface area contributed by atoms with E-state index in [2.05, 4.69) is 40.0 Å². The molecule has 1 fully saturated rings. The molecule has 0 atom stereocenters. The van der Waals surface area contributed by atoms with E-state index in [4.69, 9.17) is 5.73 Å². The topological polar surface area (TPSA) is 59.2 Å². The van der Waals surface area contributed by atoms with Gasteiger partial charge in [-0.05, 0) is 47.2 Å². The molecule has 2 N–H and O–H groups in total. The molecule has 2 aromatic rings. The summed E-state index contributed by atoms with van der Waals surface area (Å²) in [6, 6.07) is 8.19. The highest BCUT2D eigenvalue weighted by atomic mass is 79.9. The first-order valence-electron chi connectivity index (χ1n) is 7.81. The Bertz CT molecular complexity index is 694. The highest BCUT2D eigenvalue weighted by Gasteiger charge is 2.29. The maximum Gasteiger partial charge on any atom is 0.274 e. The molecule has 6 heteroatoms. The lowest BCUT2D eigenvalue weighted by atomic mass is 10.1. The fourth-order valence-corrected chi connectivity index (χ4v) is 3.98. The molecule has 23 heavy (non-hydrogen) atoms. The van der Waals surface area contributed by atoms with E-state index in [1.165, 1.54) is 29.7 Å². The number of hydrogen-bond acceptors (Lipinski definition) is 4. The summed E-state index contributed by atoms with van der Waals surface area (Å²) < 4.78 is 0.732. The van der Waals surface area contributed by atoms with Crippen LogP contribution >= 0.6 is 27.3 Å². The Morgan fingerprint density at radius 1 is 1.39 bits per heavy atom. The minimum Gasteiger partial charge on any atom is -0.336 e. The minimum atomic E-state index is -0.0140. The minimum absolute atomic E-state index is 0.0140. The lowest BCUT2D eigenvalue weighted by Gasteiger charge is -2.21. The first-order valence-corrected chi connectivity index (χ1v) is 9.42. The fraction of sp³-hybridized carbons (Fsp3) is 0.412. The van der Waals surface area contributed by atoms with Gasteiger partial charge in [-0.3, -0.25) is 4.79 Å². The van der Waals surface area contributed by atoms with Crippen LogP contribution in [-0.2, 0) is 0 Å². The molecule has 0 spiro atoms. The Balaban J connectivity index is 1.91. The molecular formula is C17H20BrN3OS. The number of benzene rings is 1. The van der Waals surface area contributed by atoms with E-state index in [1.807, 2.05) is 17.0 Å². The number of carbonyl (C=O) groups excluding carboxylic acids is 1. The first-order chi connectivity index (χ1) is 11.1. The van der Waals surface area contributed by atoms with Crippen molar-refractivity contribution in [3.8, 4) is 10.4 Å². The van der Waals surface area contributed by atoms with Crippen molar-refractivity contribution >= 4 is 33.2 Å². The van der Waals surface area contributed by atoms with Gasteiger partial charge >= 0.3 is 0 Å². The predicted octanol–water partition coefficient (Wildman–Crippen LogP) is 3.69. The third kappa shape index (κ3) is 4.00. The van der Waals surface area contributed by atoms with Crippen molar-refractivity contribution in [2.24, 2.45) is 11.7 Å². The largest absolute Gasteiger partial charge is 0.336 e. The van der Waals surface area contributed by atoms with E-state index in [0.717, 1.165) is 20.9 Å². The fourth-order valence-electron chi connectivity index (χ4n) is 2.53. The van der Waals surface area contributed by atoms with E-state index in [-0.39, 0.29) is 5.91 Å². The van der Waals surface area contributed by atoms with Gasteiger partial charge in [0.15, 0.2) is 3.92 Å². The number of hydrogen-bond donors (Lipinski definition) is 1. The second-order valence-corrected chi connectivity index (χ2v) is 8.27. The van der Waals surface area contributed by atoms with Crippen LogP contribution in [0.25, 0.3) is 10.4 Å². The Morgan fingerprint density at radius 3 is 2.70 bits per heavy atom. The molecular weight excluding hydrogens is 374 g/mol. The normalized spacial score (nSPS) is 14.0. The number of carbonyl (C=O) groups is 1. The van der Waals surface area contributed by atoms with Gasteiger partial charge in [-0.1, -0.05) is 29.8 Å². The van der Waals surface area contributed by atoms with Crippen molar-refractivity contribution in [1.82, 2.24) is 9.88 Å². The molecule has 1 aromatic carbocycles. The van der Waals surface area contributed by atoms with Gasteiger partial charge in [-0.2, -0.15) is 0 Å². The van der Waals surface area contributed by atoms with Crippen LogP contribution in [0.3, 0.4) is 0 Å². The maximum atomic E-state index is 13.0. The quantitative estimate of drug-likeness (QED) is 0.813. The molecule has 1 aromatic heterocycles. The van der Waals surface area contributed by atoms with Gasteiger partial charge in [0.05, 0.1) is 4.88 Å². The monoisotopic (exact) mass is 393 g/mol. The highest BCUT2D eigenvalue weighted by Crippen LogP contribution is 2.35. The molecule has 0 aliphatic heterocycles.